The van der Waals surface area contributed by atoms with Crippen molar-refractivity contribution < 1.29 is 23.0 Å². The van der Waals surface area contributed by atoms with Crippen molar-refractivity contribution in [3.63, 3.8) is 0 Å². The molecule has 0 spiro atoms. The molecule has 0 heterocycles. The molecule has 24 heavy (non-hydrogen) atoms. The van der Waals surface area contributed by atoms with Gasteiger partial charge >= 0.3 is 0 Å². The average molecular weight is 336 g/mol. The van der Waals surface area contributed by atoms with Gasteiger partial charge in [0, 0.05) is 18.7 Å². The van der Waals surface area contributed by atoms with Crippen molar-refractivity contribution in [1.29, 1.82) is 0 Å². The summed E-state index contributed by atoms with van der Waals surface area (Å²) in [5.74, 6) is -0.599. The monoisotopic (exact) mass is 336 g/mol. The number of halogens is 2. The molecule has 0 aromatic heterocycles. The van der Waals surface area contributed by atoms with Crippen LogP contribution < -0.4 is 20.1 Å². The fourth-order valence-corrected chi connectivity index (χ4v) is 2.03. The van der Waals surface area contributed by atoms with Gasteiger partial charge in [0.05, 0.1) is 26.5 Å². The second kappa shape index (κ2) is 8.14. The van der Waals surface area contributed by atoms with Crippen LogP contribution in [0, 0.1) is 11.6 Å². The van der Waals surface area contributed by atoms with Crippen LogP contribution in [0.15, 0.2) is 36.4 Å². The largest absolute Gasteiger partial charge is 0.493 e. The van der Waals surface area contributed by atoms with Crippen molar-refractivity contribution in [2.75, 3.05) is 26.1 Å². The second-order valence-corrected chi connectivity index (χ2v) is 4.94. The zero-order chi connectivity index (χ0) is 17.5. The van der Waals surface area contributed by atoms with Crippen LogP contribution in [0.3, 0.4) is 0 Å². The predicted molar refractivity (Wildman–Crippen MR) is 86.2 cm³/mol. The van der Waals surface area contributed by atoms with E-state index in [9.17, 15) is 13.6 Å². The molecule has 2 aromatic carbocycles. The first-order chi connectivity index (χ1) is 11.5. The minimum Gasteiger partial charge on any atom is -0.493 e. The van der Waals surface area contributed by atoms with Gasteiger partial charge in [-0.2, -0.15) is 0 Å². The first kappa shape index (κ1) is 17.5. The number of rotatable bonds is 7. The SMILES string of the molecule is COc1cc(F)c(NCC(=O)NCc2ccc(F)cc2)cc1OC. The predicted octanol–water partition coefficient (Wildman–Crippen LogP) is 2.71. The lowest BCUT2D eigenvalue weighted by Crippen LogP contribution is -2.29. The van der Waals surface area contributed by atoms with Crippen molar-refractivity contribution in [1.82, 2.24) is 5.32 Å². The third-order valence-electron chi connectivity index (χ3n) is 3.32. The summed E-state index contributed by atoms with van der Waals surface area (Å²) in [6.45, 7) is 0.142. The number of benzene rings is 2. The summed E-state index contributed by atoms with van der Waals surface area (Å²) in [6, 6.07) is 8.39. The van der Waals surface area contributed by atoms with E-state index >= 15 is 0 Å². The van der Waals surface area contributed by atoms with E-state index in [2.05, 4.69) is 10.6 Å². The summed E-state index contributed by atoms with van der Waals surface area (Å²) in [4.78, 5) is 11.8. The van der Waals surface area contributed by atoms with E-state index in [0.717, 1.165) is 5.56 Å². The van der Waals surface area contributed by atoms with E-state index in [0.29, 0.717) is 5.75 Å². The van der Waals surface area contributed by atoms with Crippen LogP contribution in [0.2, 0.25) is 0 Å². The molecule has 2 N–H and O–H groups in total. The number of hydrogen-bond donors (Lipinski definition) is 2. The lowest BCUT2D eigenvalue weighted by molar-refractivity contribution is -0.119. The van der Waals surface area contributed by atoms with Gasteiger partial charge in [0.2, 0.25) is 5.91 Å². The van der Waals surface area contributed by atoms with Crippen LogP contribution in [0.25, 0.3) is 0 Å². The van der Waals surface area contributed by atoms with Gasteiger partial charge in [0.15, 0.2) is 11.5 Å². The molecular weight excluding hydrogens is 318 g/mol. The molecule has 0 unspecified atom stereocenters. The van der Waals surface area contributed by atoms with Crippen LogP contribution in [0.4, 0.5) is 14.5 Å². The van der Waals surface area contributed by atoms with Crippen molar-refractivity contribution in [3.8, 4) is 11.5 Å². The lowest BCUT2D eigenvalue weighted by atomic mass is 10.2. The molecule has 0 fully saturated rings. The highest BCUT2D eigenvalue weighted by Gasteiger charge is 2.12. The zero-order valence-electron chi connectivity index (χ0n) is 13.4. The fraction of sp³-hybridized carbons (Fsp3) is 0.235. The molecule has 1 amide bonds. The molecule has 0 atom stereocenters. The van der Waals surface area contributed by atoms with Crippen molar-refractivity contribution in [2.45, 2.75) is 6.54 Å². The van der Waals surface area contributed by atoms with Crippen LogP contribution in [0.1, 0.15) is 5.56 Å². The molecule has 128 valence electrons. The maximum absolute atomic E-state index is 13.9. The van der Waals surface area contributed by atoms with Gasteiger partial charge in [-0.1, -0.05) is 12.1 Å². The Morgan fingerprint density at radius 1 is 1.04 bits per heavy atom. The summed E-state index contributed by atoms with van der Waals surface area (Å²) < 4.78 is 36.8. The van der Waals surface area contributed by atoms with Crippen LogP contribution >= 0.6 is 0 Å². The number of carbonyl (C=O) groups excluding carboxylic acids is 1. The summed E-state index contributed by atoms with van der Waals surface area (Å²) in [6.07, 6.45) is 0. The molecule has 0 aliphatic carbocycles. The first-order valence-corrected chi connectivity index (χ1v) is 7.20. The Morgan fingerprint density at radius 3 is 2.29 bits per heavy atom. The molecule has 0 aliphatic rings. The number of anilines is 1. The number of ether oxygens (including phenoxy) is 2. The average Bonchev–Trinajstić information content (AvgIpc) is 2.59. The Hall–Kier alpha value is -2.83. The number of amides is 1. The highest BCUT2D eigenvalue weighted by molar-refractivity contribution is 5.80. The molecule has 0 saturated carbocycles. The molecule has 7 heteroatoms. The van der Waals surface area contributed by atoms with Gasteiger partial charge in [0.1, 0.15) is 11.6 Å². The molecule has 0 aliphatic heterocycles. The lowest BCUT2D eigenvalue weighted by Gasteiger charge is -2.12. The number of nitrogens with one attached hydrogen (secondary N) is 2. The number of hydrogen-bond acceptors (Lipinski definition) is 4. The summed E-state index contributed by atoms with van der Waals surface area (Å²) >= 11 is 0. The van der Waals surface area contributed by atoms with Gasteiger partial charge < -0.3 is 20.1 Å². The van der Waals surface area contributed by atoms with Crippen molar-refractivity contribution in [3.05, 3.63) is 53.6 Å². The molecule has 0 bridgehead atoms. The Bertz CT molecular complexity index is 706. The van der Waals surface area contributed by atoms with E-state index in [-0.39, 0.29) is 36.3 Å². The minimum absolute atomic E-state index is 0.117. The van der Waals surface area contributed by atoms with Gasteiger partial charge in [-0.05, 0) is 17.7 Å². The standard InChI is InChI=1S/C17H18F2N2O3/c1-23-15-7-13(19)14(8-16(15)24-2)20-10-17(22)21-9-11-3-5-12(18)6-4-11/h3-8,20H,9-10H2,1-2H3,(H,21,22). The van der Waals surface area contributed by atoms with Crippen LogP contribution in [0.5, 0.6) is 11.5 Å². The van der Waals surface area contributed by atoms with E-state index in [1.165, 1.54) is 38.5 Å². The molecule has 5 nitrogen and oxygen atoms in total. The fourth-order valence-electron chi connectivity index (χ4n) is 2.03. The van der Waals surface area contributed by atoms with Gasteiger partial charge in [-0.25, -0.2) is 8.78 Å². The minimum atomic E-state index is -0.556. The molecule has 0 saturated heterocycles. The van der Waals surface area contributed by atoms with Crippen molar-refractivity contribution in [2.24, 2.45) is 0 Å². The highest BCUT2D eigenvalue weighted by Crippen LogP contribution is 2.32. The van der Waals surface area contributed by atoms with E-state index < -0.39 is 5.82 Å². The van der Waals surface area contributed by atoms with Crippen LogP contribution in [-0.4, -0.2) is 26.7 Å². The maximum Gasteiger partial charge on any atom is 0.239 e. The van der Waals surface area contributed by atoms with Gasteiger partial charge in [-0.15, -0.1) is 0 Å². The Balaban J connectivity index is 1.90. The normalized spacial score (nSPS) is 10.2. The number of methoxy groups -OCH3 is 2. The molecular formula is C17H18F2N2O3. The van der Waals surface area contributed by atoms with Crippen molar-refractivity contribution >= 4 is 11.6 Å². The highest BCUT2D eigenvalue weighted by atomic mass is 19.1. The molecule has 2 aromatic rings. The third kappa shape index (κ3) is 4.58. The molecule has 2 rings (SSSR count). The maximum atomic E-state index is 13.9. The smallest absolute Gasteiger partial charge is 0.239 e. The third-order valence-corrected chi connectivity index (χ3v) is 3.32. The first-order valence-electron chi connectivity index (χ1n) is 7.20. The summed E-state index contributed by atoms with van der Waals surface area (Å²) in [7, 11) is 2.85. The number of carbonyl (C=O) groups is 1. The second-order valence-electron chi connectivity index (χ2n) is 4.94. The zero-order valence-corrected chi connectivity index (χ0v) is 13.4. The Labute approximate surface area is 138 Å². The van der Waals surface area contributed by atoms with Gasteiger partial charge in [0.25, 0.3) is 0 Å². The quantitative estimate of drug-likeness (QED) is 0.816. The summed E-state index contributed by atoms with van der Waals surface area (Å²) in [5.41, 5.74) is 0.895. The van der Waals surface area contributed by atoms with Crippen LogP contribution in [-0.2, 0) is 11.3 Å². The Morgan fingerprint density at radius 2 is 1.67 bits per heavy atom. The molecule has 0 radical (unpaired) electrons. The topological polar surface area (TPSA) is 59.6 Å². The van der Waals surface area contributed by atoms with E-state index in [1.807, 2.05) is 0 Å². The van der Waals surface area contributed by atoms with Gasteiger partial charge in [-0.3, -0.25) is 4.79 Å². The summed E-state index contributed by atoms with van der Waals surface area (Å²) in [5, 5.41) is 5.36. The van der Waals surface area contributed by atoms with E-state index in [4.69, 9.17) is 9.47 Å². The van der Waals surface area contributed by atoms with E-state index in [1.54, 1.807) is 12.1 Å². The Kier molecular flexibility index (Phi) is 5.95.